The maximum atomic E-state index is 13.0. The summed E-state index contributed by atoms with van der Waals surface area (Å²) in [7, 11) is 1.36. The van der Waals surface area contributed by atoms with Gasteiger partial charge in [-0.2, -0.15) is 0 Å². The van der Waals surface area contributed by atoms with Gasteiger partial charge >= 0.3 is 5.97 Å². The zero-order valence-corrected chi connectivity index (χ0v) is 16.9. The molecule has 0 spiro atoms. The predicted octanol–water partition coefficient (Wildman–Crippen LogP) is 3.27. The van der Waals surface area contributed by atoms with Gasteiger partial charge in [-0.3, -0.25) is 9.59 Å². The Morgan fingerprint density at radius 3 is 2.52 bits per heavy atom. The van der Waals surface area contributed by atoms with Crippen molar-refractivity contribution in [2.75, 3.05) is 13.7 Å². The number of benzene rings is 1. The minimum Gasteiger partial charge on any atom is -0.469 e. The van der Waals surface area contributed by atoms with Gasteiger partial charge in [0.05, 0.1) is 13.5 Å². The number of amides is 1. The summed E-state index contributed by atoms with van der Waals surface area (Å²) in [5, 5.41) is 14.2. The summed E-state index contributed by atoms with van der Waals surface area (Å²) >= 11 is 0. The summed E-state index contributed by atoms with van der Waals surface area (Å²) in [6.45, 7) is 6.49. The van der Waals surface area contributed by atoms with E-state index in [1.54, 1.807) is 0 Å². The first-order valence-corrected chi connectivity index (χ1v) is 9.90. The van der Waals surface area contributed by atoms with E-state index in [1.807, 2.05) is 30.3 Å². The number of nitrogens with one attached hydrogen (secondary N) is 1. The molecule has 150 valence electrons. The van der Waals surface area contributed by atoms with Crippen LogP contribution >= 0.6 is 0 Å². The van der Waals surface area contributed by atoms with Gasteiger partial charge in [0.15, 0.2) is 0 Å². The van der Waals surface area contributed by atoms with Crippen molar-refractivity contribution in [2.45, 2.75) is 58.0 Å². The second-order valence-electron chi connectivity index (χ2n) is 8.26. The molecule has 0 aliphatic heterocycles. The van der Waals surface area contributed by atoms with Crippen LogP contribution in [0, 0.1) is 17.8 Å². The van der Waals surface area contributed by atoms with Gasteiger partial charge in [0.2, 0.25) is 0 Å². The lowest BCUT2D eigenvalue weighted by atomic mass is 9.66. The van der Waals surface area contributed by atoms with Crippen LogP contribution in [-0.4, -0.2) is 36.2 Å². The van der Waals surface area contributed by atoms with Crippen molar-refractivity contribution in [1.82, 2.24) is 5.32 Å². The molecule has 0 heterocycles. The van der Waals surface area contributed by atoms with Crippen LogP contribution in [-0.2, 0) is 14.3 Å². The quantitative estimate of drug-likeness (QED) is 0.717. The number of ether oxygens (including phenoxy) is 1. The molecule has 5 heteroatoms. The third-order valence-corrected chi connectivity index (χ3v) is 5.86. The van der Waals surface area contributed by atoms with Crippen LogP contribution in [0.2, 0.25) is 0 Å². The fourth-order valence-electron chi connectivity index (χ4n) is 4.32. The van der Waals surface area contributed by atoms with Crippen molar-refractivity contribution >= 4 is 11.9 Å². The highest BCUT2D eigenvalue weighted by Crippen LogP contribution is 2.41. The monoisotopic (exact) mass is 375 g/mol. The fourth-order valence-corrected chi connectivity index (χ4v) is 4.32. The highest BCUT2D eigenvalue weighted by molar-refractivity contribution is 5.85. The van der Waals surface area contributed by atoms with Crippen LogP contribution in [0.3, 0.4) is 0 Å². The fraction of sp³-hybridized carbons (Fsp3) is 0.636. The Kier molecular flexibility index (Phi) is 7.42. The van der Waals surface area contributed by atoms with E-state index in [0.29, 0.717) is 18.9 Å². The standard InChI is InChI=1S/C22H33NO4/c1-15(2)19-11-10-16(3)13-22(19,26)21(25)23-14-18(12-20(24)27-4)17-8-6-5-7-9-17/h5-9,15-16,18-19,26H,10-14H2,1-4H3,(H,23,25)/t16-,18?,19+,22+/m1/s1. The second kappa shape index (κ2) is 9.36. The van der Waals surface area contributed by atoms with E-state index in [1.165, 1.54) is 7.11 Å². The lowest BCUT2D eigenvalue weighted by Gasteiger charge is -2.43. The molecule has 1 aliphatic carbocycles. The first kappa shape index (κ1) is 21.4. The molecule has 27 heavy (non-hydrogen) atoms. The molecule has 0 radical (unpaired) electrons. The lowest BCUT2D eigenvalue weighted by Crippen LogP contribution is -2.56. The topological polar surface area (TPSA) is 75.6 Å². The molecule has 1 saturated carbocycles. The summed E-state index contributed by atoms with van der Waals surface area (Å²) in [6.07, 6.45) is 2.55. The number of esters is 1. The van der Waals surface area contributed by atoms with Crippen molar-refractivity contribution < 1.29 is 19.4 Å². The Morgan fingerprint density at radius 2 is 1.93 bits per heavy atom. The van der Waals surface area contributed by atoms with E-state index in [9.17, 15) is 14.7 Å². The zero-order valence-electron chi connectivity index (χ0n) is 16.9. The molecule has 1 aliphatic rings. The van der Waals surface area contributed by atoms with Crippen LogP contribution in [0.25, 0.3) is 0 Å². The summed E-state index contributed by atoms with van der Waals surface area (Å²) in [6, 6.07) is 9.61. The Balaban J connectivity index is 2.12. The molecule has 0 aromatic heterocycles. The number of carbonyl (C=O) groups is 2. The van der Waals surface area contributed by atoms with E-state index in [2.05, 4.69) is 26.1 Å². The van der Waals surface area contributed by atoms with Gasteiger partial charge < -0.3 is 15.2 Å². The maximum Gasteiger partial charge on any atom is 0.306 e. The van der Waals surface area contributed by atoms with Gasteiger partial charge in [0, 0.05) is 12.5 Å². The molecule has 2 rings (SSSR count). The summed E-state index contributed by atoms with van der Waals surface area (Å²) in [5.74, 6) is -0.333. The SMILES string of the molecule is COC(=O)CC(CNC(=O)[C@]1(O)C[C@H](C)CC[C@H]1C(C)C)c1ccccc1. The molecule has 1 fully saturated rings. The van der Waals surface area contributed by atoms with Gasteiger partial charge in [0.25, 0.3) is 5.91 Å². The molecular weight excluding hydrogens is 342 g/mol. The third-order valence-electron chi connectivity index (χ3n) is 5.86. The van der Waals surface area contributed by atoms with Crippen molar-refractivity contribution in [3.63, 3.8) is 0 Å². The van der Waals surface area contributed by atoms with Crippen LogP contribution in [0.4, 0.5) is 0 Å². The smallest absolute Gasteiger partial charge is 0.306 e. The van der Waals surface area contributed by atoms with Gasteiger partial charge in [-0.15, -0.1) is 0 Å². The van der Waals surface area contributed by atoms with Gasteiger partial charge in [-0.25, -0.2) is 0 Å². The van der Waals surface area contributed by atoms with Crippen LogP contribution in [0.1, 0.15) is 57.9 Å². The minimum atomic E-state index is -1.35. The second-order valence-corrected chi connectivity index (χ2v) is 8.26. The normalized spacial score (nSPS) is 26.4. The molecule has 2 N–H and O–H groups in total. The van der Waals surface area contributed by atoms with Crippen molar-refractivity contribution in [3.8, 4) is 0 Å². The zero-order chi connectivity index (χ0) is 20.0. The molecule has 0 bridgehead atoms. The number of hydrogen-bond acceptors (Lipinski definition) is 4. The maximum absolute atomic E-state index is 13.0. The summed E-state index contributed by atoms with van der Waals surface area (Å²) in [4.78, 5) is 24.8. The Labute approximate surface area is 162 Å². The van der Waals surface area contributed by atoms with Crippen molar-refractivity contribution in [1.29, 1.82) is 0 Å². The van der Waals surface area contributed by atoms with Crippen molar-refractivity contribution in [2.24, 2.45) is 17.8 Å². The van der Waals surface area contributed by atoms with Gasteiger partial charge in [-0.1, -0.05) is 57.5 Å². The predicted molar refractivity (Wildman–Crippen MR) is 105 cm³/mol. The van der Waals surface area contributed by atoms with Crippen LogP contribution < -0.4 is 5.32 Å². The van der Waals surface area contributed by atoms with Gasteiger partial charge in [-0.05, 0) is 36.2 Å². The summed E-state index contributed by atoms with van der Waals surface area (Å²) < 4.78 is 4.81. The van der Waals surface area contributed by atoms with E-state index in [0.717, 1.165) is 18.4 Å². The van der Waals surface area contributed by atoms with Crippen LogP contribution in [0.5, 0.6) is 0 Å². The molecule has 4 atom stereocenters. The van der Waals surface area contributed by atoms with Gasteiger partial charge in [0.1, 0.15) is 5.60 Å². The van der Waals surface area contributed by atoms with E-state index < -0.39 is 5.60 Å². The number of rotatable bonds is 7. The highest BCUT2D eigenvalue weighted by Gasteiger charge is 2.48. The first-order chi connectivity index (χ1) is 12.8. The number of hydrogen-bond donors (Lipinski definition) is 2. The van der Waals surface area contributed by atoms with Crippen molar-refractivity contribution in [3.05, 3.63) is 35.9 Å². The van der Waals surface area contributed by atoms with E-state index >= 15 is 0 Å². The minimum absolute atomic E-state index is 0.0514. The Bertz CT molecular complexity index is 630. The summed E-state index contributed by atoms with van der Waals surface area (Å²) in [5.41, 5.74) is -0.383. The van der Waals surface area contributed by atoms with E-state index in [-0.39, 0.29) is 36.1 Å². The largest absolute Gasteiger partial charge is 0.469 e. The molecule has 1 unspecified atom stereocenters. The molecule has 0 saturated heterocycles. The van der Waals surface area contributed by atoms with E-state index in [4.69, 9.17) is 4.74 Å². The number of aliphatic hydroxyl groups is 1. The molecule has 5 nitrogen and oxygen atoms in total. The van der Waals surface area contributed by atoms with Crippen LogP contribution in [0.15, 0.2) is 30.3 Å². The third kappa shape index (κ3) is 5.32. The average molecular weight is 376 g/mol. The molecular formula is C22H33NO4. The Morgan fingerprint density at radius 1 is 1.26 bits per heavy atom. The molecule has 1 aromatic rings. The average Bonchev–Trinajstić information content (AvgIpc) is 2.64. The first-order valence-electron chi connectivity index (χ1n) is 9.90. The lowest BCUT2D eigenvalue weighted by molar-refractivity contribution is -0.156. The molecule has 1 aromatic carbocycles. The Hall–Kier alpha value is -1.88. The number of methoxy groups -OCH3 is 1. The number of carbonyl (C=O) groups excluding carboxylic acids is 2. The molecule has 1 amide bonds. The highest BCUT2D eigenvalue weighted by atomic mass is 16.5.